The monoisotopic (exact) mass is 354 g/mol. The molecule has 0 saturated carbocycles. The number of rotatable bonds is 7. The van der Waals surface area contributed by atoms with Crippen LogP contribution in [0.1, 0.15) is 6.42 Å². The summed E-state index contributed by atoms with van der Waals surface area (Å²) < 4.78 is 10.9. The molecule has 1 unspecified atom stereocenters. The molecule has 1 aliphatic rings. The second kappa shape index (κ2) is 9.03. The van der Waals surface area contributed by atoms with Crippen molar-refractivity contribution in [3.63, 3.8) is 0 Å². The first-order valence-corrected chi connectivity index (χ1v) is 8.87. The number of carbonyl (C=O) groups is 2. The van der Waals surface area contributed by atoms with Crippen molar-refractivity contribution in [2.24, 2.45) is 0 Å². The molecule has 24 heavy (non-hydrogen) atoms. The zero-order valence-electron chi connectivity index (χ0n) is 13.5. The molecule has 0 aromatic heterocycles. The van der Waals surface area contributed by atoms with Gasteiger partial charge in [-0.2, -0.15) is 0 Å². The van der Waals surface area contributed by atoms with Gasteiger partial charge in [0.05, 0.1) is 19.8 Å². The van der Waals surface area contributed by atoms with E-state index in [4.69, 9.17) is 14.6 Å². The Labute approximate surface area is 145 Å². The molecule has 1 aliphatic heterocycles. The van der Waals surface area contributed by atoms with E-state index in [0.717, 1.165) is 4.90 Å². The predicted octanol–water partition coefficient (Wildman–Crippen LogP) is 0.631. The summed E-state index contributed by atoms with van der Waals surface area (Å²) in [5.74, 6) is -1.46. The van der Waals surface area contributed by atoms with Crippen molar-refractivity contribution in [2.75, 3.05) is 44.5 Å². The van der Waals surface area contributed by atoms with E-state index >= 15 is 0 Å². The molecule has 8 heteroatoms. The SMILES string of the molecule is CSc1cccc(NC(=O)C(=O)NCC2(OCCO)CCOC2)c1. The number of hydrogen-bond acceptors (Lipinski definition) is 6. The van der Waals surface area contributed by atoms with Crippen LogP contribution >= 0.6 is 11.8 Å². The van der Waals surface area contributed by atoms with E-state index in [0.29, 0.717) is 25.3 Å². The van der Waals surface area contributed by atoms with Crippen LogP contribution in [0.4, 0.5) is 5.69 Å². The molecule has 0 bridgehead atoms. The van der Waals surface area contributed by atoms with Crippen molar-refractivity contribution in [1.82, 2.24) is 5.32 Å². The zero-order valence-corrected chi connectivity index (χ0v) is 14.4. The fourth-order valence-corrected chi connectivity index (χ4v) is 2.82. The Morgan fingerprint density at radius 3 is 2.92 bits per heavy atom. The molecule has 2 amide bonds. The van der Waals surface area contributed by atoms with Gasteiger partial charge in [0.2, 0.25) is 0 Å². The molecule has 1 aromatic rings. The average Bonchev–Trinajstić information content (AvgIpc) is 3.07. The minimum Gasteiger partial charge on any atom is -0.394 e. The van der Waals surface area contributed by atoms with Crippen LogP contribution in [0, 0.1) is 0 Å². The van der Waals surface area contributed by atoms with E-state index in [1.54, 1.807) is 23.9 Å². The van der Waals surface area contributed by atoms with Gasteiger partial charge in [0, 0.05) is 30.2 Å². The lowest BCUT2D eigenvalue weighted by atomic mass is 10.0. The Hall–Kier alpha value is -1.61. The van der Waals surface area contributed by atoms with Crippen molar-refractivity contribution >= 4 is 29.3 Å². The molecule has 2 rings (SSSR count). The van der Waals surface area contributed by atoms with E-state index in [-0.39, 0.29) is 19.8 Å². The van der Waals surface area contributed by atoms with Crippen LogP contribution in [0.2, 0.25) is 0 Å². The molecule has 1 saturated heterocycles. The summed E-state index contributed by atoms with van der Waals surface area (Å²) in [4.78, 5) is 25.0. The Morgan fingerprint density at radius 2 is 2.25 bits per heavy atom. The first-order chi connectivity index (χ1) is 11.6. The number of aliphatic hydroxyl groups is 1. The van der Waals surface area contributed by atoms with E-state index in [9.17, 15) is 9.59 Å². The summed E-state index contributed by atoms with van der Waals surface area (Å²) in [5, 5.41) is 14.0. The maximum absolute atomic E-state index is 12.0. The number of aliphatic hydroxyl groups excluding tert-OH is 1. The summed E-state index contributed by atoms with van der Waals surface area (Å²) in [6.07, 6.45) is 2.54. The Kier molecular flexibility index (Phi) is 7.04. The van der Waals surface area contributed by atoms with Gasteiger partial charge in [-0.25, -0.2) is 0 Å². The number of benzene rings is 1. The highest BCUT2D eigenvalue weighted by Crippen LogP contribution is 2.22. The fourth-order valence-electron chi connectivity index (χ4n) is 2.37. The molecule has 1 heterocycles. The molecule has 132 valence electrons. The summed E-state index contributed by atoms with van der Waals surface area (Å²) in [7, 11) is 0. The maximum atomic E-state index is 12.0. The van der Waals surface area contributed by atoms with E-state index < -0.39 is 17.4 Å². The van der Waals surface area contributed by atoms with Gasteiger partial charge < -0.3 is 25.2 Å². The summed E-state index contributed by atoms with van der Waals surface area (Å²) in [6, 6.07) is 7.25. The van der Waals surface area contributed by atoms with Gasteiger partial charge in [0.1, 0.15) is 5.60 Å². The first kappa shape index (κ1) is 18.7. The van der Waals surface area contributed by atoms with Crippen LogP contribution in [0.15, 0.2) is 29.2 Å². The van der Waals surface area contributed by atoms with Gasteiger partial charge in [-0.05, 0) is 24.5 Å². The fraction of sp³-hybridized carbons (Fsp3) is 0.500. The van der Waals surface area contributed by atoms with E-state index in [1.165, 1.54) is 0 Å². The number of anilines is 1. The lowest BCUT2D eigenvalue weighted by molar-refractivity contribution is -0.137. The number of carbonyl (C=O) groups excluding carboxylic acids is 2. The molecular weight excluding hydrogens is 332 g/mol. The lowest BCUT2D eigenvalue weighted by Gasteiger charge is -2.27. The first-order valence-electron chi connectivity index (χ1n) is 7.64. The summed E-state index contributed by atoms with van der Waals surface area (Å²) >= 11 is 1.55. The van der Waals surface area contributed by atoms with E-state index in [2.05, 4.69) is 10.6 Å². The largest absolute Gasteiger partial charge is 0.394 e. The minimum atomic E-state index is -0.733. The Balaban J connectivity index is 1.87. The molecule has 1 fully saturated rings. The van der Waals surface area contributed by atoms with Gasteiger partial charge in [-0.15, -0.1) is 11.8 Å². The third-order valence-corrected chi connectivity index (χ3v) is 4.40. The normalized spacial score (nSPS) is 19.9. The summed E-state index contributed by atoms with van der Waals surface area (Å²) in [6.45, 7) is 1.05. The zero-order chi connectivity index (χ0) is 17.4. The topological polar surface area (TPSA) is 96.9 Å². The molecule has 0 spiro atoms. The number of nitrogens with one attached hydrogen (secondary N) is 2. The van der Waals surface area contributed by atoms with Crippen molar-refractivity contribution in [2.45, 2.75) is 16.9 Å². The third-order valence-electron chi connectivity index (χ3n) is 3.67. The quantitative estimate of drug-likeness (QED) is 0.491. The number of ether oxygens (including phenoxy) is 2. The highest BCUT2D eigenvalue weighted by atomic mass is 32.2. The predicted molar refractivity (Wildman–Crippen MR) is 91.1 cm³/mol. The number of thioether (sulfide) groups is 1. The van der Waals surface area contributed by atoms with Crippen LogP contribution < -0.4 is 10.6 Å². The average molecular weight is 354 g/mol. The van der Waals surface area contributed by atoms with Crippen LogP contribution in [0.3, 0.4) is 0 Å². The maximum Gasteiger partial charge on any atom is 0.313 e. The molecular formula is C16H22N2O5S. The second-order valence-electron chi connectivity index (χ2n) is 5.43. The van der Waals surface area contributed by atoms with Gasteiger partial charge in [0.15, 0.2) is 0 Å². The molecule has 0 aliphatic carbocycles. The Morgan fingerprint density at radius 1 is 1.42 bits per heavy atom. The lowest BCUT2D eigenvalue weighted by Crippen LogP contribution is -2.48. The Bertz CT molecular complexity index is 575. The highest BCUT2D eigenvalue weighted by molar-refractivity contribution is 7.98. The van der Waals surface area contributed by atoms with Gasteiger partial charge in [-0.3, -0.25) is 9.59 Å². The minimum absolute atomic E-state index is 0.109. The van der Waals surface area contributed by atoms with E-state index in [1.807, 2.05) is 18.4 Å². The van der Waals surface area contributed by atoms with Gasteiger partial charge in [0.25, 0.3) is 0 Å². The number of amides is 2. The molecule has 1 atom stereocenters. The van der Waals surface area contributed by atoms with Crippen LogP contribution in [0.25, 0.3) is 0 Å². The van der Waals surface area contributed by atoms with Crippen LogP contribution in [-0.4, -0.2) is 61.7 Å². The van der Waals surface area contributed by atoms with Gasteiger partial charge in [-0.1, -0.05) is 6.07 Å². The van der Waals surface area contributed by atoms with Crippen molar-refractivity contribution in [3.05, 3.63) is 24.3 Å². The standard InChI is InChI=1S/C16H22N2O5S/c1-24-13-4-2-3-12(9-13)18-15(21)14(20)17-10-16(23-8-6-19)5-7-22-11-16/h2-4,9,19H,5-8,10-11H2,1H3,(H,17,20)(H,18,21). The molecule has 7 nitrogen and oxygen atoms in total. The van der Waals surface area contributed by atoms with Crippen molar-refractivity contribution < 1.29 is 24.2 Å². The smallest absolute Gasteiger partial charge is 0.313 e. The summed E-state index contributed by atoms with van der Waals surface area (Å²) in [5.41, 5.74) is -0.116. The van der Waals surface area contributed by atoms with Crippen LogP contribution in [0.5, 0.6) is 0 Å². The molecule has 3 N–H and O–H groups in total. The van der Waals surface area contributed by atoms with Gasteiger partial charge >= 0.3 is 11.8 Å². The highest BCUT2D eigenvalue weighted by Gasteiger charge is 2.36. The number of hydrogen-bond donors (Lipinski definition) is 3. The van der Waals surface area contributed by atoms with Crippen molar-refractivity contribution in [3.8, 4) is 0 Å². The molecule has 1 aromatic carbocycles. The van der Waals surface area contributed by atoms with Crippen molar-refractivity contribution in [1.29, 1.82) is 0 Å². The second-order valence-corrected chi connectivity index (χ2v) is 6.31. The van der Waals surface area contributed by atoms with Crippen LogP contribution in [-0.2, 0) is 19.1 Å². The third kappa shape index (κ3) is 5.20. The molecule has 0 radical (unpaired) electrons.